The minimum absolute atomic E-state index is 0.152. The second kappa shape index (κ2) is 10.3. The van der Waals surface area contributed by atoms with Crippen molar-refractivity contribution in [2.45, 2.75) is 6.42 Å². The SMILES string of the molecule is COc1ccc(/C=C(\NC(=O)c2ccccc2)C(=O)NCCc2nc3ccccc3[nH]2)cc1. The number of hydrogen-bond donors (Lipinski definition) is 3. The first-order valence-electron chi connectivity index (χ1n) is 10.6. The number of para-hydroxylation sites is 2. The number of rotatable bonds is 8. The molecule has 4 rings (SSSR count). The van der Waals surface area contributed by atoms with Crippen molar-refractivity contribution in [1.82, 2.24) is 20.6 Å². The van der Waals surface area contributed by atoms with Gasteiger partial charge in [0.05, 0.1) is 18.1 Å². The summed E-state index contributed by atoms with van der Waals surface area (Å²) in [5.74, 6) is 0.747. The van der Waals surface area contributed by atoms with Crippen molar-refractivity contribution in [2.24, 2.45) is 0 Å². The van der Waals surface area contributed by atoms with E-state index in [4.69, 9.17) is 4.74 Å². The smallest absolute Gasteiger partial charge is 0.267 e. The number of benzene rings is 3. The largest absolute Gasteiger partial charge is 0.497 e. The molecule has 0 saturated heterocycles. The molecule has 3 N–H and O–H groups in total. The van der Waals surface area contributed by atoms with Gasteiger partial charge in [0.1, 0.15) is 17.3 Å². The molecule has 0 spiro atoms. The summed E-state index contributed by atoms with van der Waals surface area (Å²) < 4.78 is 5.18. The molecule has 0 aliphatic heterocycles. The maximum Gasteiger partial charge on any atom is 0.267 e. The highest BCUT2D eigenvalue weighted by Crippen LogP contribution is 2.14. The van der Waals surface area contributed by atoms with Gasteiger partial charge in [0, 0.05) is 18.5 Å². The zero-order valence-corrected chi connectivity index (χ0v) is 18.2. The van der Waals surface area contributed by atoms with Crippen molar-refractivity contribution in [3.8, 4) is 5.75 Å². The van der Waals surface area contributed by atoms with Gasteiger partial charge in [-0.2, -0.15) is 0 Å². The van der Waals surface area contributed by atoms with E-state index in [-0.39, 0.29) is 17.5 Å². The van der Waals surface area contributed by atoms with Crippen LogP contribution in [0.4, 0.5) is 0 Å². The van der Waals surface area contributed by atoms with E-state index in [1.54, 1.807) is 49.6 Å². The number of hydrogen-bond acceptors (Lipinski definition) is 4. The van der Waals surface area contributed by atoms with Gasteiger partial charge in [0.25, 0.3) is 11.8 Å². The van der Waals surface area contributed by atoms with Crippen LogP contribution in [0.15, 0.2) is 84.6 Å². The van der Waals surface area contributed by atoms with Crippen molar-refractivity contribution in [2.75, 3.05) is 13.7 Å². The van der Waals surface area contributed by atoms with Gasteiger partial charge in [-0.1, -0.05) is 42.5 Å². The first kappa shape index (κ1) is 21.8. The van der Waals surface area contributed by atoms with Crippen LogP contribution in [-0.2, 0) is 11.2 Å². The molecule has 2 amide bonds. The summed E-state index contributed by atoms with van der Waals surface area (Å²) in [6.07, 6.45) is 2.17. The number of amides is 2. The number of methoxy groups -OCH3 is 1. The van der Waals surface area contributed by atoms with Crippen LogP contribution < -0.4 is 15.4 Å². The molecule has 0 atom stereocenters. The number of imidazole rings is 1. The molecule has 0 aliphatic rings. The Morgan fingerprint density at radius 2 is 1.70 bits per heavy atom. The molecule has 0 fully saturated rings. The molecule has 0 aliphatic carbocycles. The lowest BCUT2D eigenvalue weighted by molar-refractivity contribution is -0.117. The van der Waals surface area contributed by atoms with Crippen LogP contribution >= 0.6 is 0 Å². The first-order chi connectivity index (χ1) is 16.1. The summed E-state index contributed by atoms with van der Waals surface area (Å²) in [5, 5.41) is 5.60. The third-order valence-electron chi connectivity index (χ3n) is 5.04. The van der Waals surface area contributed by atoms with Gasteiger partial charge in [0.15, 0.2) is 0 Å². The van der Waals surface area contributed by atoms with Crippen LogP contribution in [0.25, 0.3) is 17.1 Å². The van der Waals surface area contributed by atoms with Crippen molar-refractivity contribution < 1.29 is 14.3 Å². The van der Waals surface area contributed by atoms with Gasteiger partial charge in [-0.15, -0.1) is 0 Å². The number of nitrogens with one attached hydrogen (secondary N) is 3. The fourth-order valence-corrected chi connectivity index (χ4v) is 3.32. The van der Waals surface area contributed by atoms with Gasteiger partial charge in [-0.05, 0) is 48.0 Å². The summed E-state index contributed by atoms with van der Waals surface area (Å²) in [7, 11) is 1.59. The summed E-state index contributed by atoms with van der Waals surface area (Å²) in [5.41, 5.74) is 3.21. The Hall–Kier alpha value is -4.39. The van der Waals surface area contributed by atoms with Crippen LogP contribution in [0.5, 0.6) is 5.75 Å². The third-order valence-corrected chi connectivity index (χ3v) is 5.04. The average molecular weight is 441 g/mol. The summed E-state index contributed by atoms with van der Waals surface area (Å²) >= 11 is 0. The van der Waals surface area contributed by atoms with Crippen LogP contribution in [0, 0.1) is 0 Å². The Morgan fingerprint density at radius 3 is 2.42 bits per heavy atom. The van der Waals surface area contributed by atoms with E-state index >= 15 is 0 Å². The zero-order valence-electron chi connectivity index (χ0n) is 18.2. The van der Waals surface area contributed by atoms with E-state index in [2.05, 4.69) is 20.6 Å². The third kappa shape index (κ3) is 5.65. The molecular formula is C26H24N4O3. The van der Waals surface area contributed by atoms with Crippen molar-refractivity contribution in [3.05, 3.63) is 102 Å². The fourth-order valence-electron chi connectivity index (χ4n) is 3.32. The van der Waals surface area contributed by atoms with Crippen LogP contribution in [0.2, 0.25) is 0 Å². The molecule has 7 heteroatoms. The Balaban J connectivity index is 1.47. The van der Waals surface area contributed by atoms with Crippen LogP contribution in [-0.4, -0.2) is 35.4 Å². The minimum atomic E-state index is -0.383. The molecule has 4 aromatic rings. The lowest BCUT2D eigenvalue weighted by Gasteiger charge is -2.11. The number of H-pyrrole nitrogens is 1. The highest BCUT2D eigenvalue weighted by atomic mass is 16.5. The fraction of sp³-hybridized carbons (Fsp3) is 0.115. The molecule has 0 radical (unpaired) electrons. The lowest BCUT2D eigenvalue weighted by atomic mass is 10.1. The van der Waals surface area contributed by atoms with Crippen molar-refractivity contribution >= 4 is 28.9 Å². The van der Waals surface area contributed by atoms with Gasteiger partial charge in [0.2, 0.25) is 0 Å². The maximum atomic E-state index is 13.0. The van der Waals surface area contributed by atoms with E-state index in [0.29, 0.717) is 24.3 Å². The number of aromatic amines is 1. The average Bonchev–Trinajstić information content (AvgIpc) is 3.27. The van der Waals surface area contributed by atoms with Crippen molar-refractivity contribution in [3.63, 3.8) is 0 Å². The number of carbonyl (C=O) groups excluding carboxylic acids is 2. The van der Waals surface area contributed by atoms with Gasteiger partial charge < -0.3 is 20.4 Å². The molecule has 7 nitrogen and oxygen atoms in total. The van der Waals surface area contributed by atoms with E-state index in [9.17, 15) is 9.59 Å². The van der Waals surface area contributed by atoms with Gasteiger partial charge in [-0.3, -0.25) is 9.59 Å². The predicted octanol–water partition coefficient (Wildman–Crippen LogP) is 3.70. The second-order valence-corrected chi connectivity index (χ2v) is 7.36. The van der Waals surface area contributed by atoms with E-state index in [1.165, 1.54) is 0 Å². The molecular weight excluding hydrogens is 416 g/mol. The molecule has 33 heavy (non-hydrogen) atoms. The van der Waals surface area contributed by atoms with Gasteiger partial charge in [-0.25, -0.2) is 4.98 Å². The monoisotopic (exact) mass is 440 g/mol. The predicted molar refractivity (Wildman–Crippen MR) is 128 cm³/mol. The normalized spacial score (nSPS) is 11.2. The molecule has 0 bridgehead atoms. The number of carbonyl (C=O) groups is 2. The highest BCUT2D eigenvalue weighted by molar-refractivity contribution is 6.05. The second-order valence-electron chi connectivity index (χ2n) is 7.36. The Kier molecular flexibility index (Phi) is 6.80. The maximum absolute atomic E-state index is 13.0. The number of nitrogens with zero attached hydrogens (tertiary/aromatic N) is 1. The Labute approximate surface area is 191 Å². The molecule has 1 aromatic heterocycles. The van der Waals surface area contributed by atoms with Crippen LogP contribution in [0.1, 0.15) is 21.7 Å². The Bertz CT molecular complexity index is 1240. The first-order valence-corrected chi connectivity index (χ1v) is 10.6. The molecule has 0 saturated carbocycles. The zero-order chi connectivity index (χ0) is 23.0. The van der Waals surface area contributed by atoms with E-state index in [1.807, 2.05) is 42.5 Å². The van der Waals surface area contributed by atoms with E-state index < -0.39 is 0 Å². The summed E-state index contributed by atoms with van der Waals surface area (Å²) in [6, 6.07) is 23.7. The summed E-state index contributed by atoms with van der Waals surface area (Å²) in [6.45, 7) is 0.361. The quantitative estimate of drug-likeness (QED) is 0.364. The Morgan fingerprint density at radius 1 is 0.970 bits per heavy atom. The number of fused-ring (bicyclic) bond motifs is 1. The van der Waals surface area contributed by atoms with Crippen molar-refractivity contribution in [1.29, 1.82) is 0 Å². The van der Waals surface area contributed by atoms with Crippen LogP contribution in [0.3, 0.4) is 0 Å². The number of aromatic nitrogens is 2. The summed E-state index contributed by atoms with van der Waals surface area (Å²) in [4.78, 5) is 33.4. The molecule has 1 heterocycles. The van der Waals surface area contributed by atoms with Gasteiger partial charge >= 0.3 is 0 Å². The topological polar surface area (TPSA) is 96.1 Å². The van der Waals surface area contributed by atoms with E-state index in [0.717, 1.165) is 22.4 Å². The minimum Gasteiger partial charge on any atom is -0.497 e. The lowest BCUT2D eigenvalue weighted by Crippen LogP contribution is -2.35. The standard InChI is InChI=1S/C26H24N4O3/c1-33-20-13-11-18(12-14-20)17-23(30-25(31)19-7-3-2-4-8-19)26(32)27-16-15-24-28-21-9-5-6-10-22(21)29-24/h2-14,17H,15-16H2,1H3,(H,27,32)(H,28,29)(H,30,31)/b23-17-. The highest BCUT2D eigenvalue weighted by Gasteiger charge is 2.15. The molecule has 166 valence electrons. The molecule has 0 unspecified atom stereocenters. The number of ether oxygens (including phenoxy) is 1. The molecule has 3 aromatic carbocycles.